The predicted molar refractivity (Wildman–Crippen MR) is 249 cm³/mol. The van der Waals surface area contributed by atoms with Crippen LogP contribution in [0.25, 0.3) is 69.8 Å². The van der Waals surface area contributed by atoms with Crippen LogP contribution in [0.5, 0.6) is 0 Å². The fourth-order valence-corrected chi connectivity index (χ4v) is 11.4. The molecule has 0 aliphatic heterocycles. The summed E-state index contributed by atoms with van der Waals surface area (Å²) in [6.07, 6.45) is 10.6. The summed E-state index contributed by atoms with van der Waals surface area (Å²) in [4.78, 5) is 16.1. The van der Waals surface area contributed by atoms with E-state index in [9.17, 15) is 15.2 Å². The van der Waals surface area contributed by atoms with Gasteiger partial charge in [0.05, 0.1) is 43.2 Å². The zero-order chi connectivity index (χ0) is 40.5. The molecule has 1 N–H and O–H groups in total. The van der Waals surface area contributed by atoms with E-state index in [2.05, 4.69) is 125 Å². The van der Waals surface area contributed by atoms with Crippen molar-refractivity contribution in [2.24, 2.45) is 0 Å². The second kappa shape index (κ2) is 16.8. The molecule has 9 aromatic rings. The molecule has 5 aromatic heterocycles. The number of nitrogens with zero attached hydrogens (tertiary/aromatic N) is 6. The molecular formula is C48H44N6O2S3. The molecular weight excluding hydrogens is 789 g/mol. The molecule has 5 heterocycles. The zero-order valence-corrected chi connectivity index (χ0v) is 35.6. The standard InChI is InChI=1S/C48H44N6O2S3/c1-3-5-7-15-25-52-37-28-36(27-32(30-49)48(55)56)57-46(37)40-42-43(51-59-50-42)41-45(44(40)52)53(26-16-8-6-4-2)38-29-39(58-47(38)41)31-21-23-35(24-22-31)54(33-17-11-9-12-18-33)34-19-13-10-14-20-34/h9-14,17-24,27-29H,3-8,15-16,25-26H2,1-2H3,(H,55,56)/b32-27-. The molecule has 11 heteroatoms. The summed E-state index contributed by atoms with van der Waals surface area (Å²) >= 11 is 4.62. The topological polar surface area (TPSA) is 100.0 Å². The Morgan fingerprint density at radius 2 is 1.24 bits per heavy atom. The van der Waals surface area contributed by atoms with Crippen LogP contribution >= 0.6 is 34.4 Å². The van der Waals surface area contributed by atoms with Crippen molar-refractivity contribution >= 4 is 117 Å². The number of thiophene rings is 2. The van der Waals surface area contributed by atoms with Gasteiger partial charge in [-0.1, -0.05) is 101 Å². The van der Waals surface area contributed by atoms with Crippen molar-refractivity contribution in [1.82, 2.24) is 17.9 Å². The Morgan fingerprint density at radius 1 is 0.712 bits per heavy atom. The Bertz CT molecular complexity index is 2980. The number of hydrogen-bond donors (Lipinski definition) is 1. The first-order valence-corrected chi connectivity index (χ1v) is 22.9. The highest BCUT2D eigenvalue weighted by molar-refractivity contribution is 7.23. The molecule has 0 aliphatic carbocycles. The Hall–Kier alpha value is -5.80. The number of aromatic nitrogens is 4. The van der Waals surface area contributed by atoms with Crippen molar-refractivity contribution in [3.8, 4) is 16.5 Å². The summed E-state index contributed by atoms with van der Waals surface area (Å²) in [6, 6.07) is 36.2. The maximum Gasteiger partial charge on any atom is 0.346 e. The van der Waals surface area contributed by atoms with Gasteiger partial charge in [0.25, 0.3) is 0 Å². The van der Waals surface area contributed by atoms with Crippen molar-refractivity contribution in [2.45, 2.75) is 78.3 Å². The summed E-state index contributed by atoms with van der Waals surface area (Å²) in [7, 11) is 0. The lowest BCUT2D eigenvalue weighted by Gasteiger charge is -2.25. The number of carbonyl (C=O) groups is 1. The van der Waals surface area contributed by atoms with Crippen LogP contribution in [0.1, 0.15) is 70.1 Å². The Kier molecular flexibility index (Phi) is 11.0. The van der Waals surface area contributed by atoms with E-state index in [0.29, 0.717) is 0 Å². The van der Waals surface area contributed by atoms with Gasteiger partial charge < -0.3 is 19.1 Å². The second-order valence-corrected chi connectivity index (χ2v) is 17.7. The van der Waals surface area contributed by atoms with Gasteiger partial charge in [-0.2, -0.15) is 14.0 Å². The molecule has 0 radical (unpaired) electrons. The molecule has 4 aromatic carbocycles. The molecule has 0 amide bonds. The third kappa shape index (κ3) is 7.09. The number of nitriles is 1. The van der Waals surface area contributed by atoms with E-state index in [1.54, 1.807) is 0 Å². The van der Waals surface area contributed by atoms with Crippen LogP contribution in [-0.4, -0.2) is 29.0 Å². The zero-order valence-electron chi connectivity index (χ0n) is 33.1. The molecule has 0 saturated carbocycles. The molecule has 0 spiro atoms. The lowest BCUT2D eigenvalue weighted by atomic mass is 10.1. The fraction of sp³-hybridized carbons (Fsp3) is 0.250. The average Bonchev–Trinajstić information content (AvgIpc) is 4.09. The molecule has 0 aliphatic rings. The molecule has 0 unspecified atom stereocenters. The first-order chi connectivity index (χ1) is 29.0. The normalized spacial score (nSPS) is 12.1. The third-order valence-corrected chi connectivity index (χ3v) is 14.0. The van der Waals surface area contributed by atoms with Crippen LogP contribution in [0.3, 0.4) is 0 Å². The highest BCUT2D eigenvalue weighted by atomic mass is 32.1. The van der Waals surface area contributed by atoms with Crippen molar-refractivity contribution in [3.05, 3.63) is 108 Å². The number of aliphatic carboxylic acids is 1. The average molecular weight is 833 g/mol. The lowest BCUT2D eigenvalue weighted by Crippen LogP contribution is -2.09. The van der Waals surface area contributed by atoms with Crippen molar-refractivity contribution < 1.29 is 9.90 Å². The maximum absolute atomic E-state index is 11.8. The van der Waals surface area contributed by atoms with Crippen molar-refractivity contribution in [1.29, 1.82) is 5.26 Å². The van der Waals surface area contributed by atoms with E-state index in [1.165, 1.54) is 80.1 Å². The van der Waals surface area contributed by atoms with Crippen LogP contribution in [0.2, 0.25) is 0 Å². The Labute approximate surface area is 355 Å². The van der Waals surface area contributed by atoms with Crippen LogP contribution < -0.4 is 4.90 Å². The second-order valence-electron chi connectivity index (χ2n) is 15.0. The van der Waals surface area contributed by atoms with Gasteiger partial charge in [0, 0.05) is 50.7 Å². The van der Waals surface area contributed by atoms with Gasteiger partial charge in [-0.25, -0.2) is 4.79 Å². The number of unbranched alkanes of at least 4 members (excludes halogenated alkanes) is 6. The monoisotopic (exact) mass is 832 g/mol. The number of fused-ring (bicyclic) bond motifs is 10. The minimum atomic E-state index is -1.22. The van der Waals surface area contributed by atoms with Gasteiger partial charge in [0.1, 0.15) is 22.7 Å². The minimum absolute atomic E-state index is 0.271. The van der Waals surface area contributed by atoms with Gasteiger partial charge in [-0.05, 0) is 73.0 Å². The molecule has 0 atom stereocenters. The third-order valence-electron chi connectivity index (χ3n) is 11.2. The number of carboxylic acids is 1. The van der Waals surface area contributed by atoms with Crippen LogP contribution in [-0.2, 0) is 17.9 Å². The SMILES string of the molecule is CCCCCCn1c2cc(/C=C(/C#N)C(=O)O)sc2c2c3nsnc3c3c4sc(-c5ccc(N(c6ccccc6)c6ccccc6)cc5)cc4n(CCCCCC)c3c21. The summed E-state index contributed by atoms with van der Waals surface area (Å²) < 4.78 is 17.3. The summed E-state index contributed by atoms with van der Waals surface area (Å²) in [5.41, 5.74) is 10.7. The van der Waals surface area contributed by atoms with Gasteiger partial charge in [-0.3, -0.25) is 0 Å². The van der Waals surface area contributed by atoms with Crippen LogP contribution in [0, 0.1) is 11.3 Å². The molecule has 59 heavy (non-hydrogen) atoms. The smallest absolute Gasteiger partial charge is 0.346 e. The molecule has 0 saturated heterocycles. The van der Waals surface area contributed by atoms with Crippen molar-refractivity contribution in [3.63, 3.8) is 0 Å². The minimum Gasteiger partial charge on any atom is -0.477 e. The fourth-order valence-electron chi connectivity index (χ4n) is 8.45. The summed E-state index contributed by atoms with van der Waals surface area (Å²) in [6.45, 7) is 6.21. The first-order valence-electron chi connectivity index (χ1n) is 20.5. The van der Waals surface area contributed by atoms with E-state index >= 15 is 0 Å². The van der Waals surface area contributed by atoms with Crippen LogP contribution in [0.4, 0.5) is 17.1 Å². The van der Waals surface area contributed by atoms with Gasteiger partial charge in [0.2, 0.25) is 0 Å². The van der Waals surface area contributed by atoms with E-state index in [4.69, 9.17) is 8.75 Å². The van der Waals surface area contributed by atoms with Crippen molar-refractivity contribution in [2.75, 3.05) is 4.90 Å². The van der Waals surface area contributed by atoms with E-state index in [0.717, 1.165) is 99.2 Å². The Balaban J connectivity index is 1.24. The summed E-state index contributed by atoms with van der Waals surface area (Å²) in [5.74, 6) is -1.22. The predicted octanol–water partition coefficient (Wildman–Crippen LogP) is 14.3. The van der Waals surface area contributed by atoms with Gasteiger partial charge in [-0.15, -0.1) is 22.7 Å². The number of benzene rings is 4. The lowest BCUT2D eigenvalue weighted by molar-refractivity contribution is -0.132. The Morgan fingerprint density at radius 3 is 1.76 bits per heavy atom. The van der Waals surface area contributed by atoms with Crippen LogP contribution in [0.15, 0.2) is 103 Å². The summed E-state index contributed by atoms with van der Waals surface area (Å²) in [5, 5.41) is 21.5. The number of hydrogen-bond acceptors (Lipinski definition) is 8. The number of rotatable bonds is 16. The number of para-hydroxylation sites is 2. The highest BCUT2D eigenvalue weighted by Gasteiger charge is 2.28. The molecule has 0 bridgehead atoms. The molecule has 296 valence electrons. The largest absolute Gasteiger partial charge is 0.477 e. The molecule has 9 rings (SSSR count). The molecule has 0 fully saturated rings. The van der Waals surface area contributed by atoms with E-state index < -0.39 is 5.97 Å². The van der Waals surface area contributed by atoms with E-state index in [-0.39, 0.29) is 5.57 Å². The highest BCUT2D eigenvalue weighted by Crippen LogP contribution is 2.49. The number of carboxylic acid groups (broad SMARTS) is 1. The molecule has 8 nitrogen and oxygen atoms in total. The van der Waals surface area contributed by atoms with Gasteiger partial charge in [0.15, 0.2) is 0 Å². The maximum atomic E-state index is 11.8. The van der Waals surface area contributed by atoms with Gasteiger partial charge >= 0.3 is 5.97 Å². The quantitative estimate of drug-likeness (QED) is 0.0591. The van der Waals surface area contributed by atoms with E-state index in [1.807, 2.05) is 17.4 Å². The first kappa shape index (κ1) is 38.7. The number of aryl methyl sites for hydroxylation is 2. The number of anilines is 3.